The SMILES string of the molecule is C[Si](C)(C)O[C@@H]1[C@@H](O[Si](C)(C)C)COC(O)[C@@H]1O[Si](C)(C)C. The van der Waals surface area contributed by atoms with Crippen LogP contribution >= 0.6 is 0 Å². The van der Waals surface area contributed by atoms with Crippen molar-refractivity contribution in [3.8, 4) is 0 Å². The van der Waals surface area contributed by atoms with Gasteiger partial charge < -0.3 is 23.1 Å². The van der Waals surface area contributed by atoms with Crippen LogP contribution in [0.25, 0.3) is 0 Å². The van der Waals surface area contributed by atoms with Gasteiger partial charge in [-0.25, -0.2) is 0 Å². The van der Waals surface area contributed by atoms with E-state index in [2.05, 4.69) is 58.9 Å². The number of hydrogen-bond acceptors (Lipinski definition) is 5. The summed E-state index contributed by atoms with van der Waals surface area (Å²) in [5, 5.41) is 10.3. The van der Waals surface area contributed by atoms with E-state index in [1.165, 1.54) is 0 Å². The summed E-state index contributed by atoms with van der Waals surface area (Å²) in [5.41, 5.74) is 0. The van der Waals surface area contributed by atoms with Crippen LogP contribution in [-0.4, -0.2) is 61.3 Å². The van der Waals surface area contributed by atoms with Gasteiger partial charge >= 0.3 is 0 Å². The minimum atomic E-state index is -1.84. The molecular formula is C14H34O5Si3. The average molecular weight is 367 g/mol. The van der Waals surface area contributed by atoms with E-state index in [1.807, 2.05) is 0 Å². The second kappa shape index (κ2) is 7.14. The van der Waals surface area contributed by atoms with Crippen LogP contribution in [0.2, 0.25) is 58.9 Å². The normalized spacial score (nSPS) is 31.4. The van der Waals surface area contributed by atoms with E-state index in [1.54, 1.807) is 0 Å². The number of aliphatic hydroxyl groups excluding tert-OH is 1. The van der Waals surface area contributed by atoms with Gasteiger partial charge in [-0.3, -0.25) is 0 Å². The Morgan fingerprint density at radius 1 is 0.727 bits per heavy atom. The van der Waals surface area contributed by atoms with Crippen LogP contribution in [0.15, 0.2) is 0 Å². The van der Waals surface area contributed by atoms with E-state index in [0.717, 1.165) is 0 Å². The van der Waals surface area contributed by atoms with E-state index in [0.29, 0.717) is 6.61 Å². The van der Waals surface area contributed by atoms with Gasteiger partial charge in [0.05, 0.1) is 12.7 Å². The Bertz CT molecular complexity index is 359. The molecule has 1 unspecified atom stereocenters. The molecule has 132 valence electrons. The first-order chi connectivity index (χ1) is 9.68. The van der Waals surface area contributed by atoms with Crippen LogP contribution in [0.4, 0.5) is 0 Å². The molecule has 1 N–H and O–H groups in total. The third kappa shape index (κ3) is 7.35. The highest BCUT2D eigenvalue weighted by Crippen LogP contribution is 2.29. The van der Waals surface area contributed by atoms with Crippen LogP contribution in [0.1, 0.15) is 0 Å². The summed E-state index contributed by atoms with van der Waals surface area (Å²) in [6, 6.07) is 0. The standard InChI is InChI=1S/C14H34O5Si3/c1-20(2,3)17-11-10-16-14(15)13(19-22(7,8)9)12(11)18-21(4,5)6/h11-15H,10H2,1-9H3/t11-,12+,13+,14?/m0/s1. The van der Waals surface area contributed by atoms with Crippen molar-refractivity contribution in [2.75, 3.05) is 6.61 Å². The van der Waals surface area contributed by atoms with Crippen molar-refractivity contribution in [3.63, 3.8) is 0 Å². The van der Waals surface area contributed by atoms with Crippen molar-refractivity contribution in [2.45, 2.75) is 83.5 Å². The van der Waals surface area contributed by atoms with E-state index >= 15 is 0 Å². The zero-order chi connectivity index (χ0) is 17.3. The maximum Gasteiger partial charge on any atom is 0.184 e. The predicted molar refractivity (Wildman–Crippen MR) is 96.6 cm³/mol. The van der Waals surface area contributed by atoms with Gasteiger partial charge in [-0.15, -0.1) is 0 Å². The summed E-state index contributed by atoms with van der Waals surface area (Å²) in [4.78, 5) is 0. The lowest BCUT2D eigenvalue weighted by Crippen LogP contribution is -2.61. The lowest BCUT2D eigenvalue weighted by atomic mass is 10.1. The fourth-order valence-electron chi connectivity index (χ4n) is 2.40. The number of rotatable bonds is 6. The fourth-order valence-corrected chi connectivity index (χ4v) is 5.68. The summed E-state index contributed by atoms with van der Waals surface area (Å²) in [5.74, 6) is 0. The molecular weight excluding hydrogens is 332 g/mol. The van der Waals surface area contributed by atoms with Gasteiger partial charge in [-0.2, -0.15) is 0 Å². The molecule has 1 aliphatic rings. The van der Waals surface area contributed by atoms with Crippen LogP contribution in [0.5, 0.6) is 0 Å². The minimum absolute atomic E-state index is 0.178. The lowest BCUT2D eigenvalue weighted by Gasteiger charge is -2.46. The molecule has 0 aromatic heterocycles. The minimum Gasteiger partial charge on any atom is -0.410 e. The molecule has 1 saturated heterocycles. The Balaban J connectivity index is 3.01. The van der Waals surface area contributed by atoms with Crippen molar-refractivity contribution in [1.82, 2.24) is 0 Å². The van der Waals surface area contributed by atoms with Gasteiger partial charge in [-0.05, 0) is 58.9 Å². The second-order valence-electron chi connectivity index (χ2n) is 8.88. The summed E-state index contributed by atoms with van der Waals surface area (Å²) in [6.07, 6.45) is -1.87. The highest BCUT2D eigenvalue weighted by atomic mass is 28.4. The quantitative estimate of drug-likeness (QED) is 0.732. The molecule has 0 aliphatic carbocycles. The zero-order valence-corrected chi connectivity index (χ0v) is 18.6. The molecule has 0 radical (unpaired) electrons. The monoisotopic (exact) mass is 366 g/mol. The molecule has 22 heavy (non-hydrogen) atoms. The topological polar surface area (TPSA) is 57.2 Å². The number of hydrogen-bond donors (Lipinski definition) is 1. The Kier molecular flexibility index (Phi) is 6.65. The third-order valence-corrected chi connectivity index (χ3v) is 5.86. The smallest absolute Gasteiger partial charge is 0.184 e. The summed E-state index contributed by atoms with van der Waals surface area (Å²) in [7, 11) is -5.39. The molecule has 1 fully saturated rings. The average Bonchev–Trinajstić information content (AvgIpc) is 2.22. The van der Waals surface area contributed by atoms with Crippen LogP contribution in [-0.2, 0) is 18.0 Å². The first kappa shape index (κ1) is 20.5. The van der Waals surface area contributed by atoms with Crippen molar-refractivity contribution < 1.29 is 23.1 Å². The largest absolute Gasteiger partial charge is 0.410 e. The van der Waals surface area contributed by atoms with Crippen molar-refractivity contribution in [3.05, 3.63) is 0 Å². The van der Waals surface area contributed by atoms with Crippen LogP contribution in [0, 0.1) is 0 Å². The van der Waals surface area contributed by atoms with Crippen molar-refractivity contribution >= 4 is 25.0 Å². The number of aliphatic hydroxyl groups is 1. The maximum absolute atomic E-state index is 10.3. The molecule has 0 aromatic rings. The molecule has 0 spiro atoms. The van der Waals surface area contributed by atoms with Gasteiger partial charge in [-0.1, -0.05) is 0 Å². The molecule has 0 aromatic carbocycles. The Labute approximate surface area is 138 Å². The third-order valence-electron chi connectivity index (χ3n) is 2.89. The molecule has 5 nitrogen and oxygen atoms in total. The van der Waals surface area contributed by atoms with E-state index < -0.39 is 37.3 Å². The maximum atomic E-state index is 10.3. The first-order valence-electron chi connectivity index (χ1n) is 8.01. The Morgan fingerprint density at radius 3 is 1.55 bits per heavy atom. The highest BCUT2D eigenvalue weighted by Gasteiger charge is 2.46. The van der Waals surface area contributed by atoms with Gasteiger partial charge in [0.25, 0.3) is 0 Å². The molecule has 1 heterocycles. The van der Waals surface area contributed by atoms with Gasteiger partial charge in [0.15, 0.2) is 31.2 Å². The molecule has 4 atom stereocenters. The van der Waals surface area contributed by atoms with Gasteiger partial charge in [0.2, 0.25) is 0 Å². The van der Waals surface area contributed by atoms with Crippen molar-refractivity contribution in [2.24, 2.45) is 0 Å². The van der Waals surface area contributed by atoms with E-state index in [9.17, 15) is 5.11 Å². The molecule has 0 saturated carbocycles. The molecule has 1 aliphatic heterocycles. The predicted octanol–water partition coefficient (Wildman–Crippen LogP) is 3.00. The van der Waals surface area contributed by atoms with E-state index in [-0.39, 0.29) is 12.2 Å². The number of ether oxygens (including phenoxy) is 1. The molecule has 1 rings (SSSR count). The summed E-state index contributed by atoms with van der Waals surface area (Å²) < 4.78 is 24.3. The Hall–Kier alpha value is 0.451. The first-order valence-corrected chi connectivity index (χ1v) is 18.2. The lowest BCUT2D eigenvalue weighted by molar-refractivity contribution is -0.240. The molecule has 8 heteroatoms. The fraction of sp³-hybridized carbons (Fsp3) is 1.00. The summed E-state index contributed by atoms with van der Waals surface area (Å²) in [6.45, 7) is 19.6. The van der Waals surface area contributed by atoms with Crippen LogP contribution in [0.3, 0.4) is 0 Å². The Morgan fingerprint density at radius 2 is 1.14 bits per heavy atom. The van der Waals surface area contributed by atoms with Gasteiger partial charge in [0.1, 0.15) is 12.2 Å². The molecule has 0 bridgehead atoms. The van der Waals surface area contributed by atoms with Crippen LogP contribution < -0.4 is 0 Å². The zero-order valence-electron chi connectivity index (χ0n) is 15.6. The summed E-state index contributed by atoms with van der Waals surface area (Å²) >= 11 is 0. The van der Waals surface area contributed by atoms with Crippen molar-refractivity contribution in [1.29, 1.82) is 0 Å². The molecule has 0 amide bonds. The highest BCUT2D eigenvalue weighted by molar-refractivity contribution is 6.70. The second-order valence-corrected chi connectivity index (χ2v) is 22.3. The van der Waals surface area contributed by atoms with Gasteiger partial charge in [0, 0.05) is 0 Å². The van der Waals surface area contributed by atoms with E-state index in [4.69, 9.17) is 18.0 Å².